The van der Waals surface area contributed by atoms with Crippen molar-refractivity contribution in [2.45, 2.75) is 6.92 Å². The SMILES string of the molecule is Cc1cc2c3ccccc3sc2n1N. The van der Waals surface area contributed by atoms with Crippen LogP contribution in [0.2, 0.25) is 0 Å². The van der Waals surface area contributed by atoms with E-state index in [4.69, 9.17) is 5.84 Å². The van der Waals surface area contributed by atoms with E-state index in [1.54, 1.807) is 16.0 Å². The molecule has 1 aromatic carbocycles. The van der Waals surface area contributed by atoms with Crippen LogP contribution in [0.4, 0.5) is 0 Å². The molecule has 0 aliphatic heterocycles. The number of benzene rings is 1. The molecule has 0 spiro atoms. The van der Waals surface area contributed by atoms with Crippen molar-refractivity contribution < 1.29 is 0 Å². The fraction of sp³-hybridized carbons (Fsp3) is 0.0909. The van der Waals surface area contributed by atoms with Crippen LogP contribution in [0.15, 0.2) is 30.3 Å². The Morgan fingerprint density at radius 1 is 1.21 bits per heavy atom. The van der Waals surface area contributed by atoms with Crippen molar-refractivity contribution in [3.8, 4) is 0 Å². The van der Waals surface area contributed by atoms with Crippen molar-refractivity contribution in [3.05, 3.63) is 36.0 Å². The number of hydrogen-bond donors (Lipinski definition) is 1. The Morgan fingerprint density at radius 3 is 2.86 bits per heavy atom. The van der Waals surface area contributed by atoms with Gasteiger partial charge in [-0.3, -0.25) is 4.68 Å². The lowest BCUT2D eigenvalue weighted by Crippen LogP contribution is -2.07. The van der Waals surface area contributed by atoms with Gasteiger partial charge in [-0.25, -0.2) is 0 Å². The van der Waals surface area contributed by atoms with E-state index in [2.05, 4.69) is 30.3 Å². The van der Waals surface area contributed by atoms with Crippen molar-refractivity contribution >= 4 is 31.6 Å². The molecule has 0 unspecified atom stereocenters. The maximum Gasteiger partial charge on any atom is 0.123 e. The van der Waals surface area contributed by atoms with Crippen molar-refractivity contribution in [1.29, 1.82) is 0 Å². The molecule has 3 heteroatoms. The van der Waals surface area contributed by atoms with E-state index in [1.807, 2.05) is 6.92 Å². The molecular formula is C11H10N2S. The van der Waals surface area contributed by atoms with Crippen LogP contribution >= 0.6 is 11.3 Å². The highest BCUT2D eigenvalue weighted by molar-refractivity contribution is 7.25. The summed E-state index contributed by atoms with van der Waals surface area (Å²) < 4.78 is 3.07. The average molecular weight is 202 g/mol. The highest BCUT2D eigenvalue weighted by Gasteiger charge is 2.09. The summed E-state index contributed by atoms with van der Waals surface area (Å²) >= 11 is 1.75. The van der Waals surface area contributed by atoms with E-state index in [0.29, 0.717) is 0 Å². The predicted molar refractivity (Wildman–Crippen MR) is 62.2 cm³/mol. The largest absolute Gasteiger partial charge is 0.338 e. The molecule has 3 rings (SSSR count). The van der Waals surface area contributed by atoms with Crippen LogP contribution in [0.3, 0.4) is 0 Å². The number of aromatic nitrogens is 1. The number of nitrogens with two attached hydrogens (primary N) is 1. The molecule has 0 saturated carbocycles. The summed E-state index contributed by atoms with van der Waals surface area (Å²) in [5.41, 5.74) is 1.11. The number of rotatable bonds is 0. The minimum Gasteiger partial charge on any atom is -0.338 e. The zero-order valence-electron chi connectivity index (χ0n) is 7.82. The van der Waals surface area contributed by atoms with Crippen LogP contribution in [0.25, 0.3) is 20.3 Å². The topological polar surface area (TPSA) is 30.9 Å². The van der Waals surface area contributed by atoms with E-state index < -0.39 is 0 Å². The van der Waals surface area contributed by atoms with Crippen LogP contribution < -0.4 is 5.84 Å². The first kappa shape index (κ1) is 7.88. The lowest BCUT2D eigenvalue weighted by atomic mass is 10.2. The fourth-order valence-electron chi connectivity index (χ4n) is 1.81. The van der Waals surface area contributed by atoms with E-state index in [9.17, 15) is 0 Å². The van der Waals surface area contributed by atoms with Gasteiger partial charge in [-0.15, -0.1) is 11.3 Å². The first-order valence-corrected chi connectivity index (χ1v) is 5.33. The zero-order valence-corrected chi connectivity index (χ0v) is 8.64. The Morgan fingerprint density at radius 2 is 2.00 bits per heavy atom. The number of thiophene rings is 1. The zero-order chi connectivity index (χ0) is 9.71. The number of nitrogens with zero attached hydrogens (tertiary/aromatic N) is 1. The molecule has 0 aliphatic carbocycles. The van der Waals surface area contributed by atoms with Crippen LogP contribution in [0.5, 0.6) is 0 Å². The van der Waals surface area contributed by atoms with Crippen LogP contribution in [-0.2, 0) is 0 Å². The standard InChI is InChI=1S/C11H10N2S/c1-7-6-9-8-4-2-3-5-10(8)14-11(9)13(7)12/h2-6H,12H2,1H3. The highest BCUT2D eigenvalue weighted by atomic mass is 32.1. The molecule has 0 bridgehead atoms. The van der Waals surface area contributed by atoms with Gasteiger partial charge in [0.15, 0.2) is 0 Å². The van der Waals surface area contributed by atoms with Gasteiger partial charge in [0.25, 0.3) is 0 Å². The minimum atomic E-state index is 1.11. The average Bonchev–Trinajstić information content (AvgIpc) is 2.67. The van der Waals surface area contributed by atoms with Crippen molar-refractivity contribution in [2.24, 2.45) is 0 Å². The number of fused-ring (bicyclic) bond motifs is 3. The van der Waals surface area contributed by atoms with Gasteiger partial charge >= 0.3 is 0 Å². The summed E-state index contributed by atoms with van der Waals surface area (Å²) in [6.45, 7) is 2.03. The monoisotopic (exact) mass is 202 g/mol. The van der Waals surface area contributed by atoms with Gasteiger partial charge in [0.1, 0.15) is 4.83 Å². The van der Waals surface area contributed by atoms with Crippen LogP contribution in [0, 0.1) is 6.92 Å². The molecule has 0 amide bonds. The lowest BCUT2D eigenvalue weighted by molar-refractivity contribution is 1.01. The van der Waals surface area contributed by atoms with Gasteiger partial charge in [-0.05, 0) is 19.1 Å². The Kier molecular flexibility index (Phi) is 1.42. The lowest BCUT2D eigenvalue weighted by Gasteiger charge is -1.94. The summed E-state index contributed by atoms with van der Waals surface area (Å²) in [5.74, 6) is 5.93. The molecule has 2 heterocycles. The Balaban J connectivity index is 2.60. The van der Waals surface area contributed by atoms with Gasteiger partial charge in [-0.1, -0.05) is 18.2 Å². The number of hydrogen-bond acceptors (Lipinski definition) is 2. The molecule has 2 aromatic heterocycles. The first-order chi connectivity index (χ1) is 6.77. The van der Waals surface area contributed by atoms with Gasteiger partial charge in [0.2, 0.25) is 0 Å². The summed E-state index contributed by atoms with van der Waals surface area (Å²) in [7, 11) is 0. The molecular weight excluding hydrogens is 192 g/mol. The predicted octanol–water partition coefficient (Wildman–Crippen LogP) is 2.88. The molecule has 0 radical (unpaired) electrons. The Bertz CT molecular complexity index is 619. The molecule has 2 N–H and O–H groups in total. The molecule has 70 valence electrons. The van der Waals surface area contributed by atoms with Gasteiger partial charge < -0.3 is 5.84 Å². The van der Waals surface area contributed by atoms with E-state index in [0.717, 1.165) is 10.5 Å². The van der Waals surface area contributed by atoms with Crippen molar-refractivity contribution in [1.82, 2.24) is 4.68 Å². The van der Waals surface area contributed by atoms with Gasteiger partial charge in [-0.2, -0.15) is 0 Å². The molecule has 14 heavy (non-hydrogen) atoms. The third kappa shape index (κ3) is 0.849. The smallest absolute Gasteiger partial charge is 0.123 e. The molecule has 3 aromatic rings. The highest BCUT2D eigenvalue weighted by Crippen LogP contribution is 2.34. The summed E-state index contributed by atoms with van der Waals surface area (Å²) in [6.07, 6.45) is 0. The maximum atomic E-state index is 5.93. The second kappa shape index (κ2) is 2.51. The summed E-state index contributed by atoms with van der Waals surface area (Å²) in [4.78, 5) is 1.16. The number of aryl methyl sites for hydroxylation is 1. The van der Waals surface area contributed by atoms with E-state index >= 15 is 0 Å². The second-order valence-electron chi connectivity index (χ2n) is 3.47. The number of nitrogen functional groups attached to an aromatic ring is 1. The summed E-state index contributed by atoms with van der Waals surface area (Å²) in [5, 5.41) is 2.57. The van der Waals surface area contributed by atoms with Crippen molar-refractivity contribution in [2.75, 3.05) is 5.84 Å². The Labute approximate surface area is 85.5 Å². The van der Waals surface area contributed by atoms with Gasteiger partial charge in [0, 0.05) is 21.2 Å². The van der Waals surface area contributed by atoms with E-state index in [-0.39, 0.29) is 0 Å². The van der Waals surface area contributed by atoms with E-state index in [1.165, 1.54) is 15.5 Å². The normalized spacial score (nSPS) is 11.5. The van der Waals surface area contributed by atoms with Crippen molar-refractivity contribution in [3.63, 3.8) is 0 Å². The molecule has 0 atom stereocenters. The Hall–Kier alpha value is -1.48. The first-order valence-electron chi connectivity index (χ1n) is 4.52. The maximum absolute atomic E-state index is 5.93. The molecule has 0 saturated heterocycles. The second-order valence-corrected chi connectivity index (χ2v) is 4.50. The molecule has 0 aliphatic rings. The third-order valence-electron chi connectivity index (χ3n) is 2.57. The minimum absolute atomic E-state index is 1.11. The quantitative estimate of drug-likeness (QED) is 0.558. The van der Waals surface area contributed by atoms with Crippen LogP contribution in [-0.4, -0.2) is 4.68 Å². The molecule has 2 nitrogen and oxygen atoms in total. The third-order valence-corrected chi connectivity index (χ3v) is 3.75. The molecule has 0 fully saturated rings. The van der Waals surface area contributed by atoms with Gasteiger partial charge in [0.05, 0.1) is 0 Å². The fourth-order valence-corrected chi connectivity index (χ4v) is 2.97. The summed E-state index contributed by atoms with van der Waals surface area (Å²) in [6, 6.07) is 10.6. The van der Waals surface area contributed by atoms with Crippen LogP contribution in [0.1, 0.15) is 5.69 Å².